The number of likely N-dealkylation sites (N-methyl/N-ethyl adjacent to an activating group) is 2. The number of cyclic esters (lactones) is 2. The maximum Gasteiger partial charge on any atom is 0.329 e. The van der Waals surface area contributed by atoms with Crippen molar-refractivity contribution in [2.24, 2.45) is 29.6 Å². The summed E-state index contributed by atoms with van der Waals surface area (Å²) in [5.74, 6) is -7.71. The minimum absolute atomic E-state index is 0.0500. The first kappa shape index (κ1) is 56.2. The fourth-order valence-electron chi connectivity index (χ4n) is 8.55. The highest BCUT2D eigenvalue weighted by Gasteiger charge is 2.44. The SMILES string of the molecule is CC[C@H](C)[C@H]1NC(=O)[C@@H](NC(=O)[C@@H](CC(C)C)NC)[C@@H](C)OC(=O)[C@H](Cc2ccc(OC)cc2)N(C)C(=O)C2CCCN2C(=O)[C@H](CC(C)C)NC(=O)C(C)C(=O)[C@H](C(C)C)OC(=O)C[C@@H]1O. The van der Waals surface area contributed by atoms with E-state index >= 15 is 0 Å². The number of nitrogens with one attached hydrogen (secondary N) is 4. The summed E-state index contributed by atoms with van der Waals surface area (Å²) < 4.78 is 17.1. The zero-order valence-corrected chi connectivity index (χ0v) is 41.9. The van der Waals surface area contributed by atoms with E-state index in [1.807, 2.05) is 34.6 Å². The van der Waals surface area contributed by atoms with Gasteiger partial charge in [0, 0.05) is 20.0 Å². The van der Waals surface area contributed by atoms with Gasteiger partial charge in [-0.3, -0.25) is 33.6 Å². The van der Waals surface area contributed by atoms with Gasteiger partial charge in [-0.25, -0.2) is 4.79 Å². The van der Waals surface area contributed by atoms with E-state index in [0.717, 1.165) is 0 Å². The second kappa shape index (κ2) is 25.9. The third-order valence-corrected chi connectivity index (χ3v) is 12.9. The van der Waals surface area contributed by atoms with Crippen LogP contribution >= 0.6 is 0 Å². The van der Waals surface area contributed by atoms with Crippen LogP contribution < -0.4 is 26.0 Å². The van der Waals surface area contributed by atoms with Gasteiger partial charge in [-0.1, -0.05) is 73.9 Å². The molecule has 18 heteroatoms. The number of hydrogen-bond donors (Lipinski definition) is 5. The van der Waals surface area contributed by atoms with Gasteiger partial charge in [0.2, 0.25) is 29.5 Å². The van der Waals surface area contributed by atoms with E-state index in [0.29, 0.717) is 30.6 Å². The van der Waals surface area contributed by atoms with E-state index in [1.165, 1.54) is 37.8 Å². The minimum atomic E-state index is -1.55. The Kier molecular flexibility index (Phi) is 21.7. The number of aliphatic hydroxyl groups excluding tert-OH is 1. The van der Waals surface area contributed by atoms with Gasteiger partial charge in [-0.15, -0.1) is 0 Å². The smallest absolute Gasteiger partial charge is 0.329 e. The molecule has 11 atom stereocenters. The van der Waals surface area contributed by atoms with Crippen LogP contribution in [0.5, 0.6) is 5.75 Å². The van der Waals surface area contributed by atoms with Crippen molar-refractivity contribution in [2.45, 2.75) is 169 Å². The van der Waals surface area contributed by atoms with Crippen LogP contribution in [0.25, 0.3) is 0 Å². The predicted molar refractivity (Wildman–Crippen MR) is 250 cm³/mol. The highest BCUT2D eigenvalue weighted by Crippen LogP contribution is 2.26. The third-order valence-electron chi connectivity index (χ3n) is 12.9. The molecule has 1 aromatic rings. The van der Waals surface area contributed by atoms with E-state index in [-0.39, 0.29) is 37.6 Å². The number of carbonyl (C=O) groups excluding carboxylic acids is 8. The lowest BCUT2D eigenvalue weighted by Crippen LogP contribution is -2.61. The maximum absolute atomic E-state index is 14.7. The molecule has 2 fully saturated rings. The molecule has 0 spiro atoms. The first-order valence-corrected chi connectivity index (χ1v) is 23.9. The Hall–Kier alpha value is -5.10. The zero-order valence-electron chi connectivity index (χ0n) is 41.9. The Morgan fingerprint density at radius 2 is 1.55 bits per heavy atom. The summed E-state index contributed by atoms with van der Waals surface area (Å²) in [5.41, 5.74) is 0.631. The molecule has 2 aliphatic rings. The number of fused-ring (bicyclic) bond motifs is 1. The fourth-order valence-corrected chi connectivity index (χ4v) is 8.55. The molecular weight excluding hydrogens is 865 g/mol. The van der Waals surface area contributed by atoms with E-state index in [2.05, 4.69) is 21.3 Å². The summed E-state index contributed by atoms with van der Waals surface area (Å²) in [6.45, 7) is 17.4. The number of Topliss-reactive ketones (excluding diaryl/α,β-unsaturated/α-hetero) is 1. The van der Waals surface area contributed by atoms with Crippen LogP contribution in [0.1, 0.15) is 113 Å². The number of methoxy groups -OCH3 is 1. The summed E-state index contributed by atoms with van der Waals surface area (Å²) in [4.78, 5) is 116. The molecule has 0 bridgehead atoms. The van der Waals surface area contributed by atoms with Crippen molar-refractivity contribution in [1.82, 2.24) is 31.1 Å². The van der Waals surface area contributed by atoms with Crippen molar-refractivity contribution in [3.05, 3.63) is 29.8 Å². The Balaban J connectivity index is 2.23. The van der Waals surface area contributed by atoms with Crippen LogP contribution in [0.3, 0.4) is 0 Å². The second-order valence-electron chi connectivity index (χ2n) is 19.5. The summed E-state index contributed by atoms with van der Waals surface area (Å²) in [6, 6.07) is 0.0322. The molecule has 67 heavy (non-hydrogen) atoms. The molecule has 2 heterocycles. The Labute approximate surface area is 396 Å². The molecule has 0 aliphatic carbocycles. The molecule has 0 aromatic heterocycles. The molecule has 2 saturated heterocycles. The fraction of sp³-hybridized carbons (Fsp3) is 0.714. The normalized spacial score (nSPS) is 27.8. The molecule has 2 aliphatic heterocycles. The van der Waals surface area contributed by atoms with Gasteiger partial charge >= 0.3 is 11.9 Å². The lowest BCUT2D eigenvalue weighted by molar-refractivity contribution is -0.163. The molecule has 1 aromatic carbocycles. The summed E-state index contributed by atoms with van der Waals surface area (Å²) in [7, 11) is 4.56. The highest BCUT2D eigenvalue weighted by molar-refractivity contribution is 6.05. The molecule has 376 valence electrons. The van der Waals surface area contributed by atoms with Crippen LogP contribution in [0, 0.1) is 29.6 Å². The van der Waals surface area contributed by atoms with Gasteiger partial charge < -0.3 is 50.4 Å². The van der Waals surface area contributed by atoms with Gasteiger partial charge in [0.05, 0.1) is 37.6 Å². The molecule has 0 radical (unpaired) electrons. The first-order valence-electron chi connectivity index (χ1n) is 23.9. The Bertz CT molecular complexity index is 1870. The molecule has 18 nitrogen and oxygen atoms in total. The van der Waals surface area contributed by atoms with Crippen LogP contribution in [-0.4, -0.2) is 144 Å². The Morgan fingerprint density at radius 1 is 0.910 bits per heavy atom. The number of ketones is 1. The van der Waals surface area contributed by atoms with Crippen molar-refractivity contribution in [2.75, 3.05) is 27.7 Å². The number of carbonyl (C=O) groups is 8. The van der Waals surface area contributed by atoms with Gasteiger partial charge in [-0.05, 0) is 87.9 Å². The van der Waals surface area contributed by atoms with Crippen molar-refractivity contribution in [3.8, 4) is 5.75 Å². The third kappa shape index (κ3) is 15.5. The van der Waals surface area contributed by atoms with E-state index in [4.69, 9.17) is 14.2 Å². The van der Waals surface area contributed by atoms with Gasteiger partial charge in [0.1, 0.15) is 36.0 Å². The largest absolute Gasteiger partial charge is 0.497 e. The highest BCUT2D eigenvalue weighted by atomic mass is 16.6. The number of amides is 5. The van der Waals surface area contributed by atoms with E-state index < -0.39 is 126 Å². The average molecular weight is 943 g/mol. The maximum atomic E-state index is 14.7. The topological polar surface area (TPSA) is 239 Å². The number of nitrogens with zero attached hydrogens (tertiary/aromatic N) is 2. The van der Waals surface area contributed by atoms with Crippen molar-refractivity contribution < 1.29 is 57.7 Å². The number of benzene rings is 1. The van der Waals surface area contributed by atoms with Crippen molar-refractivity contribution >= 4 is 47.3 Å². The Morgan fingerprint density at radius 3 is 2.10 bits per heavy atom. The van der Waals surface area contributed by atoms with Crippen molar-refractivity contribution in [3.63, 3.8) is 0 Å². The van der Waals surface area contributed by atoms with E-state index in [9.17, 15) is 43.5 Å². The molecule has 0 saturated carbocycles. The number of aliphatic hydroxyl groups is 1. The molecule has 5 amide bonds. The molecule has 2 unspecified atom stereocenters. The van der Waals surface area contributed by atoms with Crippen LogP contribution in [-0.2, 0) is 54.3 Å². The quantitative estimate of drug-likeness (QED) is 0.142. The minimum Gasteiger partial charge on any atom is -0.497 e. The van der Waals surface area contributed by atoms with Crippen LogP contribution in [0.2, 0.25) is 0 Å². The lowest BCUT2D eigenvalue weighted by atomic mass is 9.91. The van der Waals surface area contributed by atoms with Crippen LogP contribution in [0.4, 0.5) is 0 Å². The summed E-state index contributed by atoms with van der Waals surface area (Å²) in [6.07, 6.45) is -3.30. The van der Waals surface area contributed by atoms with Crippen molar-refractivity contribution in [1.29, 1.82) is 0 Å². The molecular formula is C49H78N6O12. The van der Waals surface area contributed by atoms with E-state index in [1.54, 1.807) is 52.1 Å². The summed E-state index contributed by atoms with van der Waals surface area (Å²) >= 11 is 0. The number of ether oxygens (including phenoxy) is 3. The predicted octanol–water partition coefficient (Wildman–Crippen LogP) is 2.71. The average Bonchev–Trinajstić information content (AvgIpc) is 3.77. The number of rotatable bonds is 13. The molecule has 3 rings (SSSR count). The first-order chi connectivity index (χ1) is 31.4. The summed E-state index contributed by atoms with van der Waals surface area (Å²) in [5, 5.41) is 22.9. The van der Waals surface area contributed by atoms with Crippen LogP contribution in [0.15, 0.2) is 24.3 Å². The lowest BCUT2D eigenvalue weighted by Gasteiger charge is -2.35. The number of esters is 2. The van der Waals surface area contributed by atoms with Gasteiger partial charge in [-0.2, -0.15) is 0 Å². The van der Waals surface area contributed by atoms with Gasteiger partial charge in [0.25, 0.3) is 0 Å². The van der Waals surface area contributed by atoms with Gasteiger partial charge in [0.15, 0.2) is 11.9 Å². The standard InChI is InChI=1S/C49H78N6O12/c1-14-29(8)40-38(56)25-39(57)67-43(28(6)7)42(58)30(9)44(59)51-35(23-27(4)5)47(62)55-21-15-16-36(55)48(63)54(12)37(24-32-17-19-33(65-13)20-18-32)49(64)66-31(10)41(46(61)52-40)53-45(60)34(50-11)22-26(2)3/h17-20,26-31,34-38,40-41,43,50,56H,14-16,21-25H2,1-13H3,(H,51,59)(H,52,61)(H,53,60)/t29-,30?,31+,34+,35-,36?,37-,38-,40+,41-,43-/m0/s1. The second-order valence-corrected chi connectivity index (χ2v) is 19.5. The zero-order chi connectivity index (χ0) is 50.4. The molecule has 5 N–H and O–H groups in total. The number of hydrogen-bond acceptors (Lipinski definition) is 13. The monoisotopic (exact) mass is 943 g/mol.